The maximum Gasteiger partial charge on any atom is 0.359 e. The first-order valence-electron chi connectivity index (χ1n) is 32.5. The Labute approximate surface area is 554 Å². The monoisotopic (exact) mass is 1270 g/mol. The molecule has 8 rings (SSSR count). The molecule has 5 aromatic carbocycles. The number of hydrogen-bond donors (Lipinski definition) is 5. The van der Waals surface area contributed by atoms with E-state index in [4.69, 9.17) is 9.47 Å². The fraction of sp³-hybridized carbons (Fsp3) is 0.453. The number of amides is 1. The molecule has 0 aliphatic heterocycles. The zero-order valence-corrected chi connectivity index (χ0v) is 59.2. The van der Waals surface area contributed by atoms with Gasteiger partial charge < -0.3 is 55.7 Å². The van der Waals surface area contributed by atoms with Crippen molar-refractivity contribution in [3.63, 3.8) is 0 Å². The van der Waals surface area contributed by atoms with Gasteiger partial charge in [0.05, 0.1) is 58.1 Å². The first-order chi connectivity index (χ1) is 44.3. The van der Waals surface area contributed by atoms with Gasteiger partial charge in [-0.15, -0.1) is 0 Å². The van der Waals surface area contributed by atoms with Crippen LogP contribution in [0.25, 0.3) is 43.4 Å². The summed E-state index contributed by atoms with van der Waals surface area (Å²) in [7, 11) is 16.5. The molecule has 3 heterocycles. The largest absolute Gasteiger partial charge is 0.462 e. The lowest BCUT2D eigenvalue weighted by molar-refractivity contribution is -0.119. The van der Waals surface area contributed by atoms with Crippen LogP contribution in [0.4, 0.5) is 22.7 Å². The molecular formula is C75H105N13O5. The Hall–Kier alpha value is -8.47. The third-order valence-corrected chi connectivity index (χ3v) is 15.5. The van der Waals surface area contributed by atoms with Gasteiger partial charge in [-0.2, -0.15) is 5.26 Å². The summed E-state index contributed by atoms with van der Waals surface area (Å²) in [6, 6.07) is 23.2. The summed E-state index contributed by atoms with van der Waals surface area (Å²) < 4.78 is 10.4. The maximum atomic E-state index is 12.3. The van der Waals surface area contributed by atoms with Crippen LogP contribution in [0.3, 0.4) is 0 Å². The van der Waals surface area contributed by atoms with Crippen LogP contribution in [0.15, 0.2) is 79.3 Å². The van der Waals surface area contributed by atoms with Crippen molar-refractivity contribution in [2.75, 3.05) is 143 Å². The highest BCUT2D eigenvalue weighted by molar-refractivity contribution is 6.08. The van der Waals surface area contributed by atoms with Crippen molar-refractivity contribution in [1.82, 2.24) is 39.9 Å². The molecule has 0 unspecified atom stereocenters. The van der Waals surface area contributed by atoms with E-state index in [1.54, 1.807) is 19.3 Å². The predicted octanol–water partition coefficient (Wildman–Crippen LogP) is 13.3. The molecule has 0 bridgehead atoms. The first kappa shape index (κ1) is 75.3. The molecule has 3 aromatic heterocycles. The van der Waals surface area contributed by atoms with Crippen LogP contribution >= 0.6 is 0 Å². The third-order valence-electron chi connectivity index (χ3n) is 15.5. The van der Waals surface area contributed by atoms with Gasteiger partial charge in [0.25, 0.3) is 0 Å². The van der Waals surface area contributed by atoms with E-state index in [1.807, 2.05) is 25.3 Å². The SMILES string of the molecule is CC(=O)NCc1cnc2c(C)cc(C)cc2c1NCCCN(C)C.CCOC(=O)c1ccc2c(C)cc(C)cc2c1NCCCN(C)C.CCOC(=O)c1ncc2c(C)cc(C)cc2c1NCCCN(C)C.Cc1cc(C)c2ncc(C#N)c(NCCCN(C)C)c2c1. The Morgan fingerprint density at radius 3 is 1.34 bits per heavy atom. The molecule has 0 saturated heterocycles. The van der Waals surface area contributed by atoms with Crippen LogP contribution in [-0.2, 0) is 20.8 Å². The summed E-state index contributed by atoms with van der Waals surface area (Å²) in [6.07, 6.45) is 9.38. The zero-order valence-electron chi connectivity index (χ0n) is 59.2. The number of esters is 2. The number of aryl methyl sites for hydroxylation is 8. The van der Waals surface area contributed by atoms with Crippen molar-refractivity contribution in [3.05, 3.63) is 146 Å². The van der Waals surface area contributed by atoms with Crippen molar-refractivity contribution >= 4 is 83.9 Å². The number of ether oxygens (including phenoxy) is 2. The fourth-order valence-corrected chi connectivity index (χ4v) is 11.2. The smallest absolute Gasteiger partial charge is 0.359 e. The lowest BCUT2D eigenvalue weighted by atomic mass is 9.98. The van der Waals surface area contributed by atoms with Crippen molar-refractivity contribution < 1.29 is 23.9 Å². The molecule has 0 aliphatic rings. The van der Waals surface area contributed by atoms with Gasteiger partial charge in [-0.25, -0.2) is 14.6 Å². The van der Waals surface area contributed by atoms with Gasteiger partial charge in [0.15, 0.2) is 5.69 Å². The van der Waals surface area contributed by atoms with E-state index in [0.29, 0.717) is 36.6 Å². The Morgan fingerprint density at radius 2 is 0.871 bits per heavy atom. The Kier molecular flexibility index (Phi) is 30.2. The van der Waals surface area contributed by atoms with Crippen molar-refractivity contribution in [3.8, 4) is 6.07 Å². The van der Waals surface area contributed by atoms with Crippen molar-refractivity contribution in [2.45, 2.75) is 108 Å². The number of hydrogen-bond acceptors (Lipinski definition) is 17. The van der Waals surface area contributed by atoms with Gasteiger partial charge >= 0.3 is 11.9 Å². The van der Waals surface area contributed by atoms with Crippen LogP contribution in [0.2, 0.25) is 0 Å². The fourth-order valence-electron chi connectivity index (χ4n) is 11.2. The molecule has 0 saturated carbocycles. The quantitative estimate of drug-likeness (QED) is 0.0253. The molecule has 1 amide bonds. The summed E-state index contributed by atoms with van der Waals surface area (Å²) in [5.41, 5.74) is 17.7. The summed E-state index contributed by atoms with van der Waals surface area (Å²) >= 11 is 0. The van der Waals surface area contributed by atoms with Crippen molar-refractivity contribution in [2.24, 2.45) is 0 Å². The van der Waals surface area contributed by atoms with Crippen LogP contribution in [0.1, 0.15) is 123 Å². The number of nitriles is 1. The molecule has 0 radical (unpaired) electrons. The number of rotatable bonds is 26. The number of fused-ring (bicyclic) bond motifs is 4. The van der Waals surface area contributed by atoms with E-state index < -0.39 is 0 Å². The number of pyridine rings is 3. The van der Waals surface area contributed by atoms with Gasteiger partial charge in [0.1, 0.15) is 6.07 Å². The second-order valence-corrected chi connectivity index (χ2v) is 25.1. The van der Waals surface area contributed by atoms with Crippen LogP contribution in [-0.4, -0.2) is 174 Å². The third kappa shape index (κ3) is 22.7. The highest BCUT2D eigenvalue weighted by Crippen LogP contribution is 2.34. The Bertz CT molecular complexity index is 3730. The van der Waals surface area contributed by atoms with Gasteiger partial charge in [0, 0.05) is 90.7 Å². The van der Waals surface area contributed by atoms with Gasteiger partial charge in [-0.1, -0.05) is 52.6 Å². The minimum atomic E-state index is -0.381. The lowest BCUT2D eigenvalue weighted by Gasteiger charge is -2.17. The molecule has 500 valence electrons. The summed E-state index contributed by atoms with van der Waals surface area (Å²) in [5.74, 6) is -0.684. The van der Waals surface area contributed by atoms with E-state index in [2.05, 4.69) is 228 Å². The van der Waals surface area contributed by atoms with Gasteiger partial charge in [-0.05, 0) is 235 Å². The normalized spacial score (nSPS) is 11.0. The maximum absolute atomic E-state index is 12.3. The first-order valence-corrected chi connectivity index (χ1v) is 32.5. The number of nitrogens with zero attached hydrogens (tertiary/aromatic N) is 8. The molecule has 0 aliphatic carbocycles. The van der Waals surface area contributed by atoms with E-state index in [-0.39, 0.29) is 17.8 Å². The topological polar surface area (TPSA) is 205 Å². The average Bonchev–Trinajstić information content (AvgIpc) is 0.899. The van der Waals surface area contributed by atoms with Crippen molar-refractivity contribution in [1.29, 1.82) is 5.26 Å². The number of carbonyl (C=O) groups is 3. The number of benzene rings is 5. The van der Waals surface area contributed by atoms with E-state index in [0.717, 1.165) is 161 Å². The van der Waals surface area contributed by atoms with Crippen LogP contribution in [0, 0.1) is 66.7 Å². The number of carbonyl (C=O) groups excluding carboxylic acids is 3. The summed E-state index contributed by atoms with van der Waals surface area (Å²) in [5, 5.41) is 32.6. The minimum absolute atomic E-state index is 0.0333. The second-order valence-electron chi connectivity index (χ2n) is 25.1. The Morgan fingerprint density at radius 1 is 0.462 bits per heavy atom. The molecular weight excluding hydrogens is 1160 g/mol. The minimum Gasteiger partial charge on any atom is -0.462 e. The zero-order chi connectivity index (χ0) is 68.5. The van der Waals surface area contributed by atoms with E-state index in [1.165, 1.54) is 40.1 Å². The highest BCUT2D eigenvalue weighted by Gasteiger charge is 2.20. The molecule has 0 atom stereocenters. The standard InChI is InChI=1S/C20H28N2O2.C19H28N4O.C19H27N3O2.C17H22N4/c1-6-24-20(23)17-9-8-16-15(3)12-14(2)13-18(16)19(17)21-10-7-11-22(4)5;1-13-9-14(2)18-17(10-13)19(20-7-6-8-23(4)5)16(12-22-18)11-21-15(3)24;1-6-24-19(23)18-17(20-8-7-9-22(4)5)15-11-13(2)10-14(3)16(15)12-21-18;1-12-8-13(2)16-15(9-12)17(14(10-18)11-20-16)19-6-5-7-21(3)4/h8-9,12-13,21H,6-7,10-11H2,1-5H3;9-10,12H,6-8,11H2,1-5H3,(H,20,22)(H,21,24);10-12,20H,6-9H2,1-5H3;8-9,11H,5-7H2,1-4H3,(H,19,20). The van der Waals surface area contributed by atoms with Crippen LogP contribution < -0.4 is 26.6 Å². The van der Waals surface area contributed by atoms with E-state index in [9.17, 15) is 19.6 Å². The number of nitrogens with one attached hydrogen (secondary N) is 5. The second kappa shape index (κ2) is 37.3. The molecule has 93 heavy (non-hydrogen) atoms. The molecule has 0 fully saturated rings. The number of aromatic nitrogens is 3. The molecule has 8 aromatic rings. The number of anilines is 4. The molecule has 5 N–H and O–H groups in total. The lowest BCUT2D eigenvalue weighted by Crippen LogP contribution is -2.21. The van der Waals surface area contributed by atoms with E-state index >= 15 is 0 Å². The summed E-state index contributed by atoms with van der Waals surface area (Å²) in [4.78, 5) is 58.0. The molecule has 18 nitrogen and oxygen atoms in total. The summed E-state index contributed by atoms with van der Waals surface area (Å²) in [6.45, 7) is 30.4. The average molecular weight is 1270 g/mol. The molecule has 18 heteroatoms. The van der Waals surface area contributed by atoms with Crippen LogP contribution in [0.5, 0.6) is 0 Å². The highest BCUT2D eigenvalue weighted by atomic mass is 16.5. The Balaban J connectivity index is 0.000000225. The predicted molar refractivity (Wildman–Crippen MR) is 388 cm³/mol. The van der Waals surface area contributed by atoms with Gasteiger partial charge in [-0.3, -0.25) is 14.8 Å². The van der Waals surface area contributed by atoms with Gasteiger partial charge in [0.2, 0.25) is 5.91 Å². The molecule has 0 spiro atoms.